The molecule has 0 amide bonds. The molecular weight excluding hydrogens is 288 g/mol. The van der Waals surface area contributed by atoms with Crippen molar-refractivity contribution in [2.24, 2.45) is 5.16 Å². The molecule has 0 unspecified atom stereocenters. The molecule has 22 heavy (non-hydrogen) atoms. The zero-order valence-corrected chi connectivity index (χ0v) is 11.6. The van der Waals surface area contributed by atoms with E-state index in [9.17, 15) is 14.9 Å². The van der Waals surface area contributed by atoms with Crippen molar-refractivity contribution in [1.82, 2.24) is 0 Å². The molecule has 112 valence electrons. The van der Waals surface area contributed by atoms with Crippen LogP contribution in [0.15, 0.2) is 53.7 Å². The summed E-state index contributed by atoms with van der Waals surface area (Å²) < 4.78 is 5.13. The SMILES string of the molecule is COc1ccccc1/C=N\OC(=O)c1ccc([N+](=O)[O-])cc1. The van der Waals surface area contributed by atoms with E-state index in [2.05, 4.69) is 5.16 Å². The van der Waals surface area contributed by atoms with E-state index < -0.39 is 10.9 Å². The first kappa shape index (κ1) is 15.2. The van der Waals surface area contributed by atoms with Crippen LogP contribution in [0.4, 0.5) is 5.69 Å². The number of hydrogen-bond donors (Lipinski definition) is 0. The Bertz CT molecular complexity index is 710. The zero-order chi connectivity index (χ0) is 15.9. The van der Waals surface area contributed by atoms with Gasteiger partial charge in [-0.05, 0) is 24.3 Å². The molecule has 0 aliphatic carbocycles. The predicted molar refractivity (Wildman–Crippen MR) is 79.1 cm³/mol. The molecular formula is C15H12N2O5. The van der Waals surface area contributed by atoms with Crippen molar-refractivity contribution in [3.8, 4) is 5.75 Å². The summed E-state index contributed by atoms with van der Waals surface area (Å²) in [6.07, 6.45) is 1.35. The number of methoxy groups -OCH3 is 1. The minimum Gasteiger partial charge on any atom is -0.496 e. The second kappa shape index (κ2) is 6.98. The smallest absolute Gasteiger partial charge is 0.365 e. The molecule has 0 spiro atoms. The number of hydrogen-bond acceptors (Lipinski definition) is 6. The van der Waals surface area contributed by atoms with Crippen LogP contribution in [0.1, 0.15) is 15.9 Å². The maximum absolute atomic E-state index is 11.7. The average Bonchev–Trinajstić information content (AvgIpc) is 2.55. The number of benzene rings is 2. The lowest BCUT2D eigenvalue weighted by atomic mass is 10.2. The minimum absolute atomic E-state index is 0.103. The van der Waals surface area contributed by atoms with Gasteiger partial charge in [-0.3, -0.25) is 10.1 Å². The molecule has 2 aromatic carbocycles. The summed E-state index contributed by atoms with van der Waals surface area (Å²) in [6.45, 7) is 0. The van der Waals surface area contributed by atoms with Crippen LogP contribution in [0.5, 0.6) is 5.75 Å². The summed E-state index contributed by atoms with van der Waals surface area (Å²) in [4.78, 5) is 26.4. The number of rotatable bonds is 5. The topological polar surface area (TPSA) is 91.0 Å². The Morgan fingerprint density at radius 3 is 2.50 bits per heavy atom. The molecule has 0 N–H and O–H groups in total. The van der Waals surface area contributed by atoms with Crippen LogP contribution in [-0.4, -0.2) is 24.2 Å². The van der Waals surface area contributed by atoms with Crippen LogP contribution in [0, 0.1) is 10.1 Å². The number of para-hydroxylation sites is 1. The van der Waals surface area contributed by atoms with Gasteiger partial charge in [0.2, 0.25) is 0 Å². The molecule has 0 aliphatic heterocycles. The highest BCUT2D eigenvalue weighted by Crippen LogP contribution is 2.15. The largest absolute Gasteiger partial charge is 0.496 e. The van der Waals surface area contributed by atoms with E-state index in [1.807, 2.05) is 0 Å². The van der Waals surface area contributed by atoms with E-state index in [1.54, 1.807) is 24.3 Å². The molecule has 2 rings (SSSR count). The van der Waals surface area contributed by atoms with Crippen molar-refractivity contribution in [2.45, 2.75) is 0 Å². The van der Waals surface area contributed by atoms with Gasteiger partial charge in [-0.2, -0.15) is 0 Å². The number of non-ortho nitro benzene ring substituents is 1. The van der Waals surface area contributed by atoms with Crippen molar-refractivity contribution in [3.05, 3.63) is 69.8 Å². The first-order valence-electron chi connectivity index (χ1n) is 6.24. The molecule has 0 atom stereocenters. The lowest BCUT2D eigenvalue weighted by molar-refractivity contribution is -0.384. The molecule has 0 saturated carbocycles. The zero-order valence-electron chi connectivity index (χ0n) is 11.6. The van der Waals surface area contributed by atoms with Gasteiger partial charge in [-0.25, -0.2) is 4.79 Å². The van der Waals surface area contributed by atoms with Gasteiger partial charge in [0.15, 0.2) is 0 Å². The first-order valence-corrected chi connectivity index (χ1v) is 6.24. The fourth-order valence-corrected chi connectivity index (χ4v) is 1.68. The summed E-state index contributed by atoms with van der Waals surface area (Å²) in [5.74, 6) is -0.112. The summed E-state index contributed by atoms with van der Waals surface area (Å²) in [6, 6.07) is 12.2. The van der Waals surface area contributed by atoms with Gasteiger partial charge < -0.3 is 9.57 Å². The van der Waals surface area contributed by atoms with Crippen molar-refractivity contribution >= 4 is 17.9 Å². The maximum Gasteiger partial charge on any atom is 0.365 e. The molecule has 0 bridgehead atoms. The molecule has 2 aromatic rings. The van der Waals surface area contributed by atoms with Crippen LogP contribution >= 0.6 is 0 Å². The molecule has 0 aliphatic rings. The van der Waals surface area contributed by atoms with Crippen LogP contribution in [0.3, 0.4) is 0 Å². The Labute approximate surface area is 125 Å². The molecule has 0 aromatic heterocycles. The number of ether oxygens (including phenoxy) is 1. The van der Waals surface area contributed by atoms with E-state index >= 15 is 0 Å². The highest BCUT2D eigenvalue weighted by atomic mass is 16.7. The van der Waals surface area contributed by atoms with Crippen molar-refractivity contribution in [1.29, 1.82) is 0 Å². The van der Waals surface area contributed by atoms with Gasteiger partial charge in [-0.1, -0.05) is 17.3 Å². The second-order valence-corrected chi connectivity index (χ2v) is 4.16. The quantitative estimate of drug-likeness (QED) is 0.366. The van der Waals surface area contributed by atoms with Crippen molar-refractivity contribution < 1.29 is 19.3 Å². The van der Waals surface area contributed by atoms with E-state index in [1.165, 1.54) is 37.6 Å². The maximum atomic E-state index is 11.7. The van der Waals surface area contributed by atoms with Crippen molar-refractivity contribution in [3.63, 3.8) is 0 Å². The fourth-order valence-electron chi connectivity index (χ4n) is 1.68. The number of nitrogens with zero attached hydrogens (tertiary/aromatic N) is 2. The van der Waals surface area contributed by atoms with Crippen LogP contribution in [-0.2, 0) is 4.84 Å². The minimum atomic E-state index is -0.707. The van der Waals surface area contributed by atoms with Gasteiger partial charge in [0.05, 0.1) is 23.8 Å². The van der Waals surface area contributed by atoms with Gasteiger partial charge in [0, 0.05) is 17.7 Å². The van der Waals surface area contributed by atoms with Crippen molar-refractivity contribution in [2.75, 3.05) is 7.11 Å². The van der Waals surface area contributed by atoms with Crippen LogP contribution < -0.4 is 4.74 Å². The Hall–Kier alpha value is -3.22. The normalized spacial score (nSPS) is 10.4. The summed E-state index contributed by atoms with van der Waals surface area (Å²) in [5.41, 5.74) is 0.721. The summed E-state index contributed by atoms with van der Waals surface area (Å²) in [5, 5.41) is 14.1. The fraction of sp³-hybridized carbons (Fsp3) is 0.0667. The molecule has 0 radical (unpaired) electrons. The molecule has 0 heterocycles. The molecule has 0 fully saturated rings. The molecule has 7 heteroatoms. The van der Waals surface area contributed by atoms with E-state index in [-0.39, 0.29) is 11.3 Å². The van der Waals surface area contributed by atoms with E-state index in [4.69, 9.17) is 9.57 Å². The highest BCUT2D eigenvalue weighted by Gasteiger charge is 2.10. The third-order valence-electron chi connectivity index (χ3n) is 2.78. The average molecular weight is 300 g/mol. The second-order valence-electron chi connectivity index (χ2n) is 4.16. The molecule has 0 saturated heterocycles. The number of nitro groups is 1. The first-order chi connectivity index (χ1) is 10.6. The van der Waals surface area contributed by atoms with Gasteiger partial charge in [0.1, 0.15) is 5.75 Å². The van der Waals surface area contributed by atoms with Crippen LogP contribution in [0.2, 0.25) is 0 Å². The highest BCUT2D eigenvalue weighted by molar-refractivity contribution is 5.90. The lowest BCUT2D eigenvalue weighted by Gasteiger charge is -2.02. The van der Waals surface area contributed by atoms with E-state index in [0.29, 0.717) is 11.3 Å². The Morgan fingerprint density at radius 1 is 1.18 bits per heavy atom. The standard InChI is InChI=1S/C15H12N2O5/c1-21-14-5-3-2-4-12(14)10-16-22-15(18)11-6-8-13(9-7-11)17(19)20/h2-10H,1H3/b16-10-. The number of carbonyl (C=O) groups is 1. The Morgan fingerprint density at radius 2 is 1.86 bits per heavy atom. The van der Waals surface area contributed by atoms with Gasteiger partial charge in [-0.15, -0.1) is 0 Å². The summed E-state index contributed by atoms with van der Waals surface area (Å²) >= 11 is 0. The van der Waals surface area contributed by atoms with Crippen LogP contribution in [0.25, 0.3) is 0 Å². The monoisotopic (exact) mass is 300 g/mol. The lowest BCUT2D eigenvalue weighted by Crippen LogP contribution is -2.01. The van der Waals surface area contributed by atoms with E-state index in [0.717, 1.165) is 0 Å². The number of nitro benzene ring substituents is 1. The summed E-state index contributed by atoms with van der Waals surface area (Å²) in [7, 11) is 1.52. The third-order valence-corrected chi connectivity index (χ3v) is 2.78. The Kier molecular flexibility index (Phi) is 4.81. The Balaban J connectivity index is 2.03. The predicted octanol–water partition coefficient (Wildman–Crippen LogP) is 2.79. The van der Waals surface area contributed by atoms with Gasteiger partial charge in [0.25, 0.3) is 5.69 Å². The number of carbonyl (C=O) groups excluding carboxylic acids is 1. The number of oxime groups is 1. The molecule has 7 nitrogen and oxygen atoms in total. The third kappa shape index (κ3) is 3.66. The van der Waals surface area contributed by atoms with Gasteiger partial charge >= 0.3 is 5.97 Å².